The molecule has 3 heterocycles. The van der Waals surface area contributed by atoms with E-state index < -0.39 is 41.1 Å². The number of hydrogen-bond donors (Lipinski definition) is 1. The fourth-order valence-electron chi connectivity index (χ4n) is 4.54. The molecule has 2 amide bonds. The average molecular weight is 602 g/mol. The molecule has 2 atom stereocenters. The molecule has 1 fully saturated rings. The third-order valence-corrected chi connectivity index (χ3v) is 8.45. The maximum absolute atomic E-state index is 14.0. The average Bonchev–Trinajstić information content (AvgIpc) is 2.98. The number of hydrogen-bond acceptors (Lipinski definition) is 8. The summed E-state index contributed by atoms with van der Waals surface area (Å²) >= 11 is 2.87. The quantitative estimate of drug-likeness (QED) is 0.188. The number of β-lactam (4-membered cyclic amide) rings is 1. The van der Waals surface area contributed by atoms with Crippen LogP contribution in [-0.4, -0.2) is 50.6 Å². The number of pyridine rings is 1. The largest absolute Gasteiger partial charge is 0.448 e. The van der Waals surface area contributed by atoms with Gasteiger partial charge in [-0.3, -0.25) is 9.69 Å². The first-order chi connectivity index (χ1) is 20.2. The molecule has 216 valence electrons. The van der Waals surface area contributed by atoms with E-state index in [9.17, 15) is 14.4 Å². The second kappa shape index (κ2) is 12.9. The highest BCUT2D eigenvalue weighted by atomic mass is 32.2. The summed E-state index contributed by atoms with van der Waals surface area (Å²) < 4.78 is 11.5. The Morgan fingerprint density at radius 3 is 2.26 bits per heavy atom. The molecule has 3 aromatic rings. The lowest BCUT2D eigenvalue weighted by Crippen LogP contribution is -2.70. The van der Waals surface area contributed by atoms with Gasteiger partial charge in [0, 0.05) is 11.9 Å². The Morgan fingerprint density at radius 1 is 1.02 bits per heavy atom. The number of thioether (sulfide) groups is 2. The summed E-state index contributed by atoms with van der Waals surface area (Å²) in [7, 11) is 0. The lowest BCUT2D eigenvalue weighted by Gasteiger charge is -2.49. The Labute approximate surface area is 253 Å². The molecule has 0 saturated carbocycles. The number of carbonyl (C=O) groups excluding carboxylic acids is 3. The predicted octanol–water partition coefficient (Wildman–Crippen LogP) is 6.08. The van der Waals surface area contributed by atoms with E-state index in [0.717, 1.165) is 16.2 Å². The standard InChI is InChI=1S/C32H31N3O5S2/c1-32(2,3)40-31(38)34-25-28(36)35-26(23(20-42-29(25)35)17-19-41-24-16-10-11-18-33-24)30(37)39-27(21-12-6-4-7-13-21)22-14-8-5-9-15-22/h4-19,25,27,29H,20H2,1-3H3,(H,34,38)/b19-17+/t25?,29-/m1/s1. The molecule has 1 aromatic heterocycles. The third kappa shape index (κ3) is 6.88. The molecule has 1 N–H and O–H groups in total. The Kier molecular flexibility index (Phi) is 9.03. The number of amides is 2. The minimum atomic E-state index is -0.819. The molecule has 8 nitrogen and oxygen atoms in total. The van der Waals surface area contributed by atoms with Crippen LogP contribution in [-0.2, 0) is 19.1 Å². The van der Waals surface area contributed by atoms with Gasteiger partial charge in [0.25, 0.3) is 5.91 Å². The topological polar surface area (TPSA) is 97.8 Å². The van der Waals surface area contributed by atoms with Crippen LogP contribution in [0.3, 0.4) is 0 Å². The summed E-state index contributed by atoms with van der Waals surface area (Å²) in [6.45, 7) is 5.27. The van der Waals surface area contributed by atoms with Crippen LogP contribution in [0.25, 0.3) is 0 Å². The van der Waals surface area contributed by atoms with Gasteiger partial charge in [-0.15, -0.1) is 11.8 Å². The van der Waals surface area contributed by atoms with Crippen molar-refractivity contribution in [1.29, 1.82) is 0 Å². The summed E-state index contributed by atoms with van der Waals surface area (Å²) in [6, 6.07) is 23.8. The fraction of sp³-hybridized carbons (Fsp3) is 0.250. The zero-order valence-corrected chi connectivity index (χ0v) is 25.1. The van der Waals surface area contributed by atoms with Gasteiger partial charge in [-0.2, -0.15) is 0 Å². The van der Waals surface area contributed by atoms with Crippen molar-refractivity contribution >= 4 is 41.5 Å². The van der Waals surface area contributed by atoms with Crippen molar-refractivity contribution in [3.63, 3.8) is 0 Å². The molecule has 0 aliphatic carbocycles. The molecule has 2 aromatic carbocycles. The van der Waals surface area contributed by atoms with E-state index in [1.54, 1.807) is 27.0 Å². The molecular formula is C32H31N3O5S2. The van der Waals surface area contributed by atoms with Gasteiger partial charge in [-0.25, -0.2) is 14.6 Å². The van der Waals surface area contributed by atoms with E-state index in [-0.39, 0.29) is 5.70 Å². The molecule has 0 spiro atoms. The first-order valence-electron chi connectivity index (χ1n) is 13.4. The molecule has 0 bridgehead atoms. The van der Waals surface area contributed by atoms with E-state index >= 15 is 0 Å². The summed E-state index contributed by atoms with van der Waals surface area (Å²) in [5.41, 5.74) is 1.72. The summed E-state index contributed by atoms with van der Waals surface area (Å²) in [6.07, 6.45) is 2.17. The highest BCUT2D eigenvalue weighted by Gasteiger charge is 2.54. The number of alkyl carbamates (subject to hydrolysis) is 1. The summed E-state index contributed by atoms with van der Waals surface area (Å²) in [5.74, 6) is -0.583. The molecule has 2 aliphatic heterocycles. The van der Waals surface area contributed by atoms with Crippen molar-refractivity contribution in [3.05, 3.63) is 119 Å². The number of fused-ring (bicyclic) bond motifs is 1. The smallest absolute Gasteiger partial charge is 0.408 e. The third-order valence-electron chi connectivity index (χ3n) is 6.39. The Morgan fingerprint density at radius 2 is 1.67 bits per heavy atom. The van der Waals surface area contributed by atoms with Gasteiger partial charge in [0.15, 0.2) is 6.10 Å². The minimum absolute atomic E-state index is 0.167. The predicted molar refractivity (Wildman–Crippen MR) is 163 cm³/mol. The molecule has 42 heavy (non-hydrogen) atoms. The van der Waals surface area contributed by atoms with E-state index in [2.05, 4.69) is 10.3 Å². The summed E-state index contributed by atoms with van der Waals surface area (Å²) in [5, 5.41) is 4.85. The normalized spacial score (nSPS) is 18.5. The van der Waals surface area contributed by atoms with Crippen LogP contribution in [0, 0.1) is 0 Å². The maximum Gasteiger partial charge on any atom is 0.408 e. The van der Waals surface area contributed by atoms with Crippen LogP contribution in [0.5, 0.6) is 0 Å². The molecule has 10 heteroatoms. The number of esters is 1. The number of nitrogens with zero attached hydrogens (tertiary/aromatic N) is 2. The molecule has 0 radical (unpaired) electrons. The molecular weight excluding hydrogens is 571 g/mol. The fourth-order valence-corrected chi connectivity index (χ4v) is 6.51. The van der Waals surface area contributed by atoms with Crippen molar-refractivity contribution < 1.29 is 23.9 Å². The molecule has 2 aliphatic rings. The lowest BCUT2D eigenvalue weighted by molar-refractivity contribution is -0.153. The minimum Gasteiger partial charge on any atom is -0.448 e. The lowest BCUT2D eigenvalue weighted by atomic mass is 10.0. The number of benzene rings is 2. The van der Waals surface area contributed by atoms with Crippen molar-refractivity contribution in [2.24, 2.45) is 0 Å². The van der Waals surface area contributed by atoms with Gasteiger partial charge < -0.3 is 14.8 Å². The van der Waals surface area contributed by atoms with E-state index in [0.29, 0.717) is 11.3 Å². The second-order valence-electron chi connectivity index (χ2n) is 10.6. The molecule has 1 saturated heterocycles. The van der Waals surface area contributed by atoms with Gasteiger partial charge in [0.05, 0.1) is 0 Å². The van der Waals surface area contributed by atoms with Crippen LogP contribution in [0.15, 0.2) is 113 Å². The van der Waals surface area contributed by atoms with Crippen LogP contribution < -0.4 is 5.32 Å². The van der Waals surface area contributed by atoms with Crippen molar-refractivity contribution in [3.8, 4) is 0 Å². The van der Waals surface area contributed by atoms with Gasteiger partial charge in [0.2, 0.25) is 0 Å². The van der Waals surface area contributed by atoms with Gasteiger partial charge >= 0.3 is 12.1 Å². The van der Waals surface area contributed by atoms with Crippen LogP contribution in [0.1, 0.15) is 38.0 Å². The van der Waals surface area contributed by atoms with Crippen LogP contribution in [0.2, 0.25) is 0 Å². The van der Waals surface area contributed by atoms with Crippen molar-refractivity contribution in [2.45, 2.75) is 48.9 Å². The number of allylic oxidation sites excluding steroid dienone is 1. The number of rotatable bonds is 8. The number of nitrogens with one attached hydrogen (secondary N) is 1. The van der Waals surface area contributed by atoms with Crippen LogP contribution in [0.4, 0.5) is 4.79 Å². The number of carbonyl (C=O) groups is 3. The highest BCUT2D eigenvalue weighted by Crippen LogP contribution is 2.42. The van der Waals surface area contributed by atoms with E-state index in [1.807, 2.05) is 90.3 Å². The van der Waals surface area contributed by atoms with Gasteiger partial charge in [-0.1, -0.05) is 78.5 Å². The number of aromatic nitrogens is 1. The summed E-state index contributed by atoms with van der Waals surface area (Å²) in [4.78, 5) is 45.6. The Bertz CT molecular complexity index is 1450. The molecule has 1 unspecified atom stereocenters. The zero-order valence-electron chi connectivity index (χ0n) is 23.4. The van der Waals surface area contributed by atoms with Gasteiger partial charge in [-0.05, 0) is 61.1 Å². The van der Waals surface area contributed by atoms with Crippen molar-refractivity contribution in [2.75, 3.05) is 5.75 Å². The highest BCUT2D eigenvalue weighted by molar-refractivity contribution is 8.02. The van der Waals surface area contributed by atoms with Crippen molar-refractivity contribution in [1.82, 2.24) is 15.2 Å². The first kappa shape index (κ1) is 29.5. The number of ether oxygens (including phenoxy) is 2. The molecule has 5 rings (SSSR count). The Balaban J connectivity index is 1.44. The van der Waals surface area contributed by atoms with E-state index in [1.165, 1.54) is 28.4 Å². The maximum atomic E-state index is 14.0. The second-order valence-corrected chi connectivity index (χ2v) is 12.6. The zero-order chi connectivity index (χ0) is 29.7. The van der Waals surface area contributed by atoms with Gasteiger partial charge in [0.1, 0.15) is 27.7 Å². The van der Waals surface area contributed by atoms with E-state index in [4.69, 9.17) is 9.47 Å². The SMILES string of the molecule is CC(C)(C)OC(=O)NC1C(=O)N2C(C(=O)OC(c3ccccc3)c3ccccc3)=C(/C=C/Sc3ccccn3)CS[C@H]12. The Hall–Kier alpha value is -4.02. The first-order valence-corrected chi connectivity index (χ1v) is 15.4. The van der Waals surface area contributed by atoms with Crippen LogP contribution >= 0.6 is 23.5 Å². The monoisotopic (exact) mass is 601 g/mol.